The second-order valence-electron chi connectivity index (χ2n) is 9.70. The van der Waals surface area contributed by atoms with Gasteiger partial charge in [-0.05, 0) is 54.7 Å². The summed E-state index contributed by atoms with van der Waals surface area (Å²) in [6.45, 7) is 2.60. The number of nitrogens with zero attached hydrogens (tertiary/aromatic N) is 4. The van der Waals surface area contributed by atoms with Crippen LogP contribution < -0.4 is 10.2 Å². The van der Waals surface area contributed by atoms with Crippen molar-refractivity contribution < 1.29 is 14.7 Å². The van der Waals surface area contributed by atoms with E-state index in [9.17, 15) is 14.7 Å². The summed E-state index contributed by atoms with van der Waals surface area (Å²) in [5.41, 5.74) is 6.99. The molecule has 0 aliphatic carbocycles. The molecule has 2 amide bonds. The molecular weight excluding hydrogens is 442 g/mol. The summed E-state index contributed by atoms with van der Waals surface area (Å²) in [5, 5.41) is 17.5. The summed E-state index contributed by atoms with van der Waals surface area (Å²) in [6, 6.07) is 14.1. The van der Waals surface area contributed by atoms with Crippen LogP contribution in [0.25, 0.3) is 22.4 Å². The molecule has 2 atom stereocenters. The van der Waals surface area contributed by atoms with Gasteiger partial charge in [0.15, 0.2) is 0 Å². The highest BCUT2D eigenvalue weighted by Gasteiger charge is 2.39. The molecule has 8 heteroatoms. The van der Waals surface area contributed by atoms with Crippen LogP contribution in [0.4, 0.5) is 5.69 Å². The Morgan fingerprint density at radius 1 is 1.03 bits per heavy atom. The highest BCUT2D eigenvalue weighted by atomic mass is 16.3. The second-order valence-corrected chi connectivity index (χ2v) is 9.70. The SMILES string of the molecule is Cn1ncc(-c2ccc3c(c2)CN(C2CCC(=O)NC2O)C3=O)c1-c1cccc(N2CCCC2)c1. The van der Waals surface area contributed by atoms with E-state index >= 15 is 0 Å². The molecule has 3 aromatic rings. The molecule has 180 valence electrons. The minimum Gasteiger partial charge on any atom is -0.372 e. The van der Waals surface area contributed by atoms with E-state index in [1.807, 2.05) is 30.1 Å². The number of benzene rings is 2. The van der Waals surface area contributed by atoms with Gasteiger partial charge in [-0.15, -0.1) is 0 Å². The highest BCUT2D eigenvalue weighted by Crippen LogP contribution is 2.37. The van der Waals surface area contributed by atoms with Gasteiger partial charge in [0.2, 0.25) is 5.91 Å². The lowest BCUT2D eigenvalue weighted by Gasteiger charge is -2.35. The molecule has 0 radical (unpaired) electrons. The molecule has 0 saturated carbocycles. The number of aryl methyl sites for hydroxylation is 1. The third-order valence-electron chi connectivity index (χ3n) is 7.52. The monoisotopic (exact) mass is 471 g/mol. The summed E-state index contributed by atoms with van der Waals surface area (Å²) in [5.74, 6) is -0.283. The lowest BCUT2D eigenvalue weighted by molar-refractivity contribution is -0.129. The third-order valence-corrected chi connectivity index (χ3v) is 7.52. The maximum atomic E-state index is 13.1. The molecule has 1 aromatic heterocycles. The fourth-order valence-corrected chi connectivity index (χ4v) is 5.69. The van der Waals surface area contributed by atoms with E-state index < -0.39 is 12.3 Å². The van der Waals surface area contributed by atoms with Crippen molar-refractivity contribution in [3.05, 3.63) is 59.8 Å². The molecule has 3 aliphatic heterocycles. The van der Waals surface area contributed by atoms with Crippen LogP contribution in [0.15, 0.2) is 48.7 Å². The van der Waals surface area contributed by atoms with E-state index in [1.54, 1.807) is 4.90 Å². The lowest BCUT2D eigenvalue weighted by atomic mass is 9.98. The minimum absolute atomic E-state index is 0.100. The zero-order valence-corrected chi connectivity index (χ0v) is 19.8. The molecule has 2 aromatic carbocycles. The summed E-state index contributed by atoms with van der Waals surface area (Å²) < 4.78 is 1.91. The number of hydrogen-bond donors (Lipinski definition) is 2. The highest BCUT2D eigenvalue weighted by molar-refractivity contribution is 5.99. The van der Waals surface area contributed by atoms with Gasteiger partial charge in [0.1, 0.15) is 6.23 Å². The average molecular weight is 472 g/mol. The number of piperidine rings is 1. The van der Waals surface area contributed by atoms with Gasteiger partial charge in [0.05, 0.1) is 17.9 Å². The van der Waals surface area contributed by atoms with E-state index in [0.717, 1.165) is 41.0 Å². The van der Waals surface area contributed by atoms with Gasteiger partial charge in [-0.2, -0.15) is 5.10 Å². The lowest BCUT2D eigenvalue weighted by Crippen LogP contribution is -2.55. The van der Waals surface area contributed by atoms with E-state index in [4.69, 9.17) is 0 Å². The number of anilines is 1. The number of hydrogen-bond acceptors (Lipinski definition) is 5. The largest absolute Gasteiger partial charge is 0.372 e. The van der Waals surface area contributed by atoms with E-state index in [0.29, 0.717) is 24.9 Å². The first-order chi connectivity index (χ1) is 17.0. The summed E-state index contributed by atoms with van der Waals surface area (Å²) in [7, 11) is 1.96. The minimum atomic E-state index is -1.04. The fraction of sp³-hybridized carbons (Fsp3) is 0.370. The van der Waals surface area contributed by atoms with Crippen LogP contribution in [0.5, 0.6) is 0 Å². The first-order valence-corrected chi connectivity index (χ1v) is 12.3. The van der Waals surface area contributed by atoms with Crippen LogP contribution in [0.3, 0.4) is 0 Å². The predicted octanol–water partition coefficient (Wildman–Crippen LogP) is 2.91. The van der Waals surface area contributed by atoms with Crippen molar-refractivity contribution in [2.24, 2.45) is 7.05 Å². The van der Waals surface area contributed by atoms with Gasteiger partial charge in [-0.3, -0.25) is 14.3 Å². The predicted molar refractivity (Wildman–Crippen MR) is 133 cm³/mol. The average Bonchev–Trinajstić information content (AvgIpc) is 3.59. The summed E-state index contributed by atoms with van der Waals surface area (Å²) in [6.07, 6.45) is 4.07. The molecule has 0 spiro atoms. The van der Waals surface area contributed by atoms with E-state index in [1.165, 1.54) is 18.5 Å². The number of aliphatic hydroxyl groups is 1. The molecule has 8 nitrogen and oxygen atoms in total. The number of amides is 2. The molecule has 2 saturated heterocycles. The first-order valence-electron chi connectivity index (χ1n) is 12.3. The van der Waals surface area contributed by atoms with Crippen molar-refractivity contribution in [2.75, 3.05) is 18.0 Å². The number of aromatic nitrogens is 2. The van der Waals surface area contributed by atoms with Gasteiger partial charge in [-0.1, -0.05) is 18.2 Å². The van der Waals surface area contributed by atoms with Crippen molar-refractivity contribution in [2.45, 2.75) is 44.5 Å². The topological polar surface area (TPSA) is 90.7 Å². The van der Waals surface area contributed by atoms with Gasteiger partial charge in [0, 0.05) is 55.5 Å². The Hall–Kier alpha value is -3.65. The first kappa shape index (κ1) is 21.9. The molecule has 3 aliphatic rings. The molecule has 4 heterocycles. The Bertz CT molecular complexity index is 1310. The Labute approximate surface area is 204 Å². The molecule has 6 rings (SSSR count). The van der Waals surface area contributed by atoms with Gasteiger partial charge in [0.25, 0.3) is 5.91 Å². The number of aliphatic hydroxyl groups excluding tert-OH is 1. The normalized spacial score (nSPS) is 22.0. The second kappa shape index (κ2) is 8.53. The van der Waals surface area contributed by atoms with Crippen molar-refractivity contribution in [3.63, 3.8) is 0 Å². The molecular formula is C27H29N5O3. The molecule has 2 unspecified atom stereocenters. The molecule has 2 fully saturated rings. The van der Waals surface area contributed by atoms with Gasteiger partial charge in [-0.25, -0.2) is 0 Å². The zero-order valence-electron chi connectivity index (χ0n) is 19.8. The van der Waals surface area contributed by atoms with Crippen LogP contribution in [-0.2, 0) is 18.4 Å². The molecule has 2 N–H and O–H groups in total. The van der Waals surface area contributed by atoms with Crippen molar-refractivity contribution in [3.8, 4) is 22.4 Å². The Balaban J connectivity index is 1.32. The smallest absolute Gasteiger partial charge is 0.254 e. The maximum absolute atomic E-state index is 13.1. The van der Waals surface area contributed by atoms with Crippen LogP contribution in [0.1, 0.15) is 41.6 Å². The van der Waals surface area contributed by atoms with Crippen LogP contribution in [0.2, 0.25) is 0 Å². The molecule has 0 bridgehead atoms. The van der Waals surface area contributed by atoms with Crippen molar-refractivity contribution >= 4 is 17.5 Å². The quantitative estimate of drug-likeness (QED) is 0.611. The number of carbonyl (C=O) groups excluding carboxylic acids is 2. The van der Waals surface area contributed by atoms with Gasteiger partial charge >= 0.3 is 0 Å². The van der Waals surface area contributed by atoms with Crippen LogP contribution in [-0.4, -0.2) is 57.0 Å². The number of rotatable bonds is 4. The van der Waals surface area contributed by atoms with Crippen molar-refractivity contribution in [1.29, 1.82) is 0 Å². The maximum Gasteiger partial charge on any atom is 0.254 e. The third kappa shape index (κ3) is 3.78. The summed E-state index contributed by atoms with van der Waals surface area (Å²) >= 11 is 0. The number of carbonyl (C=O) groups is 2. The van der Waals surface area contributed by atoms with Gasteiger partial charge < -0.3 is 20.2 Å². The Morgan fingerprint density at radius 2 is 1.86 bits per heavy atom. The fourth-order valence-electron chi connectivity index (χ4n) is 5.69. The zero-order chi connectivity index (χ0) is 24.1. The van der Waals surface area contributed by atoms with Crippen LogP contribution in [0, 0.1) is 0 Å². The Kier molecular flexibility index (Phi) is 5.33. The standard InChI is InChI=1S/C27H29N5O3/c1-30-25(18-5-4-6-20(14-18)31-11-2-3-12-31)22(15-28-30)17-7-8-21-19(13-17)16-32(27(21)35)23-9-10-24(33)29-26(23)34/h4-8,13-15,23,26,34H,2-3,9-12,16H2,1H3,(H,29,33). The number of nitrogens with one attached hydrogen (secondary N) is 1. The Morgan fingerprint density at radius 3 is 2.66 bits per heavy atom. The van der Waals surface area contributed by atoms with Crippen LogP contribution >= 0.6 is 0 Å². The van der Waals surface area contributed by atoms with E-state index in [2.05, 4.69) is 45.6 Å². The molecule has 35 heavy (non-hydrogen) atoms. The summed E-state index contributed by atoms with van der Waals surface area (Å²) in [4.78, 5) is 28.8. The van der Waals surface area contributed by atoms with E-state index in [-0.39, 0.29) is 11.8 Å². The number of fused-ring (bicyclic) bond motifs is 1. The van der Waals surface area contributed by atoms with Crippen molar-refractivity contribution in [1.82, 2.24) is 20.0 Å².